The molecule has 0 aliphatic heterocycles. The number of anilines is 2. The van der Waals surface area contributed by atoms with Crippen molar-refractivity contribution in [2.24, 2.45) is 5.92 Å². The van der Waals surface area contributed by atoms with E-state index in [-0.39, 0.29) is 32.7 Å². The number of non-ortho nitro benzene ring substituents is 1. The standard InChI is InChI=1S/C13H15N5O5S2/c1-7(2)11(19)14-12-15-16-13(24-12)25(22,23)17-10-6-9(18(20)21)5-4-8(10)3/h4-7,17H,1-3H3,(H,14,15,19). The summed E-state index contributed by atoms with van der Waals surface area (Å²) < 4.78 is 26.7. The van der Waals surface area contributed by atoms with Crippen molar-refractivity contribution in [3.63, 3.8) is 0 Å². The SMILES string of the molecule is Cc1ccc([N+](=O)[O-])cc1NS(=O)(=O)c1nnc(NC(=O)C(C)C)s1. The number of benzene rings is 1. The number of nitro benzene ring substituents is 1. The lowest BCUT2D eigenvalue weighted by atomic mass is 10.2. The number of rotatable bonds is 6. The highest BCUT2D eigenvalue weighted by atomic mass is 32.2. The second kappa shape index (κ2) is 7.11. The van der Waals surface area contributed by atoms with Gasteiger partial charge in [-0.15, -0.1) is 10.2 Å². The average Bonchev–Trinajstić information content (AvgIpc) is 2.98. The summed E-state index contributed by atoms with van der Waals surface area (Å²) in [6.07, 6.45) is 0. The molecule has 0 saturated heterocycles. The molecule has 2 rings (SSSR count). The van der Waals surface area contributed by atoms with Crippen LogP contribution in [-0.2, 0) is 14.8 Å². The van der Waals surface area contributed by atoms with Crippen LogP contribution in [0.1, 0.15) is 19.4 Å². The zero-order chi connectivity index (χ0) is 18.8. The molecule has 1 aromatic heterocycles. The van der Waals surface area contributed by atoms with E-state index in [0.29, 0.717) is 16.9 Å². The van der Waals surface area contributed by atoms with Crippen LogP contribution in [0.15, 0.2) is 22.5 Å². The molecule has 1 aromatic carbocycles. The van der Waals surface area contributed by atoms with Gasteiger partial charge in [0.15, 0.2) is 0 Å². The molecule has 0 aliphatic rings. The first-order chi connectivity index (χ1) is 11.6. The minimum atomic E-state index is -4.09. The molecule has 1 amide bonds. The summed E-state index contributed by atoms with van der Waals surface area (Å²) >= 11 is 0.683. The quantitative estimate of drug-likeness (QED) is 0.440. The third-order valence-corrected chi connectivity index (χ3v) is 5.64. The highest BCUT2D eigenvalue weighted by molar-refractivity contribution is 7.94. The van der Waals surface area contributed by atoms with Crippen molar-refractivity contribution in [1.29, 1.82) is 0 Å². The van der Waals surface area contributed by atoms with E-state index >= 15 is 0 Å². The molecule has 134 valence electrons. The van der Waals surface area contributed by atoms with Crippen molar-refractivity contribution in [3.8, 4) is 0 Å². The number of nitrogens with one attached hydrogen (secondary N) is 2. The molecule has 0 spiro atoms. The van der Waals surface area contributed by atoms with E-state index in [2.05, 4.69) is 20.2 Å². The lowest BCUT2D eigenvalue weighted by Crippen LogP contribution is -2.17. The topological polar surface area (TPSA) is 144 Å². The Morgan fingerprint density at radius 1 is 1.32 bits per heavy atom. The minimum absolute atomic E-state index is 0.0508. The summed E-state index contributed by atoms with van der Waals surface area (Å²) in [5, 5.41) is 20.5. The largest absolute Gasteiger partial charge is 0.300 e. The maximum atomic E-state index is 12.4. The highest BCUT2D eigenvalue weighted by Crippen LogP contribution is 2.27. The van der Waals surface area contributed by atoms with Crippen molar-refractivity contribution in [2.45, 2.75) is 25.1 Å². The van der Waals surface area contributed by atoms with Crippen molar-refractivity contribution in [3.05, 3.63) is 33.9 Å². The van der Waals surface area contributed by atoms with Crippen LogP contribution >= 0.6 is 11.3 Å². The van der Waals surface area contributed by atoms with Gasteiger partial charge in [0, 0.05) is 18.1 Å². The molecule has 25 heavy (non-hydrogen) atoms. The van der Waals surface area contributed by atoms with Gasteiger partial charge in [0.2, 0.25) is 11.0 Å². The summed E-state index contributed by atoms with van der Waals surface area (Å²) in [6, 6.07) is 3.83. The smallest absolute Gasteiger partial charge is 0.291 e. The number of sulfonamides is 1. The van der Waals surface area contributed by atoms with Gasteiger partial charge in [-0.1, -0.05) is 31.3 Å². The van der Waals surface area contributed by atoms with Gasteiger partial charge in [0.1, 0.15) is 0 Å². The maximum absolute atomic E-state index is 12.4. The highest BCUT2D eigenvalue weighted by Gasteiger charge is 2.23. The van der Waals surface area contributed by atoms with Gasteiger partial charge in [-0.05, 0) is 12.5 Å². The number of amides is 1. The minimum Gasteiger partial charge on any atom is -0.300 e. The Labute approximate surface area is 147 Å². The number of aryl methyl sites for hydroxylation is 1. The molecule has 0 radical (unpaired) electrons. The summed E-state index contributed by atoms with van der Waals surface area (Å²) in [5.74, 6) is -0.614. The molecule has 12 heteroatoms. The van der Waals surface area contributed by atoms with E-state index in [4.69, 9.17) is 0 Å². The predicted octanol–water partition coefficient (Wildman–Crippen LogP) is 2.15. The zero-order valence-corrected chi connectivity index (χ0v) is 15.1. The van der Waals surface area contributed by atoms with Crippen molar-refractivity contribution in [2.75, 3.05) is 10.0 Å². The van der Waals surface area contributed by atoms with E-state index < -0.39 is 14.9 Å². The van der Waals surface area contributed by atoms with Crippen molar-refractivity contribution < 1.29 is 18.1 Å². The fourth-order valence-electron chi connectivity index (χ4n) is 1.64. The van der Waals surface area contributed by atoms with Crippen LogP contribution < -0.4 is 10.0 Å². The number of hydrogen-bond donors (Lipinski definition) is 2. The summed E-state index contributed by atoms with van der Waals surface area (Å²) in [5.41, 5.74) is 0.328. The van der Waals surface area contributed by atoms with Crippen LogP contribution in [0.5, 0.6) is 0 Å². The first-order valence-corrected chi connectivity index (χ1v) is 9.32. The number of aromatic nitrogens is 2. The van der Waals surface area contributed by atoms with E-state index in [9.17, 15) is 23.3 Å². The van der Waals surface area contributed by atoms with Crippen LogP contribution in [0.3, 0.4) is 0 Å². The molecule has 2 N–H and O–H groups in total. The fraction of sp³-hybridized carbons (Fsp3) is 0.308. The molecule has 0 unspecified atom stereocenters. The Balaban J connectivity index is 2.26. The van der Waals surface area contributed by atoms with Crippen LogP contribution in [0.4, 0.5) is 16.5 Å². The second-order valence-corrected chi connectivity index (χ2v) is 8.21. The Kier molecular flexibility index (Phi) is 5.33. The summed E-state index contributed by atoms with van der Waals surface area (Å²) in [4.78, 5) is 21.8. The van der Waals surface area contributed by atoms with E-state index in [1.807, 2.05) is 0 Å². The number of hydrogen-bond acceptors (Lipinski definition) is 8. The second-order valence-electron chi connectivity index (χ2n) is 5.38. The van der Waals surface area contributed by atoms with Gasteiger partial charge in [0.05, 0.1) is 10.6 Å². The maximum Gasteiger partial charge on any atom is 0.291 e. The molecule has 0 bridgehead atoms. The van der Waals surface area contributed by atoms with Gasteiger partial charge >= 0.3 is 0 Å². The Morgan fingerprint density at radius 3 is 2.60 bits per heavy atom. The molecule has 0 fully saturated rings. The molecule has 0 aliphatic carbocycles. The van der Waals surface area contributed by atoms with Crippen LogP contribution in [0.2, 0.25) is 0 Å². The van der Waals surface area contributed by atoms with Gasteiger partial charge in [-0.3, -0.25) is 19.6 Å². The van der Waals surface area contributed by atoms with Gasteiger partial charge in [0.25, 0.3) is 20.1 Å². The Bertz CT molecular complexity index is 923. The lowest BCUT2D eigenvalue weighted by molar-refractivity contribution is -0.384. The lowest BCUT2D eigenvalue weighted by Gasteiger charge is -2.08. The van der Waals surface area contributed by atoms with E-state index in [1.54, 1.807) is 20.8 Å². The van der Waals surface area contributed by atoms with Crippen molar-refractivity contribution in [1.82, 2.24) is 10.2 Å². The zero-order valence-electron chi connectivity index (χ0n) is 13.5. The number of nitrogens with zero attached hydrogens (tertiary/aromatic N) is 3. The van der Waals surface area contributed by atoms with E-state index in [1.165, 1.54) is 12.1 Å². The average molecular weight is 385 g/mol. The van der Waals surface area contributed by atoms with Crippen LogP contribution in [-0.4, -0.2) is 29.4 Å². The fourth-order valence-corrected chi connectivity index (χ4v) is 3.67. The third-order valence-electron chi connectivity index (χ3n) is 3.07. The molecule has 1 heterocycles. The molecule has 2 aromatic rings. The molecule has 0 atom stereocenters. The molecular formula is C13H15N5O5S2. The monoisotopic (exact) mass is 385 g/mol. The first-order valence-electron chi connectivity index (χ1n) is 7.02. The van der Waals surface area contributed by atoms with Crippen LogP contribution in [0, 0.1) is 23.0 Å². The van der Waals surface area contributed by atoms with E-state index in [0.717, 1.165) is 6.07 Å². The number of carbonyl (C=O) groups is 1. The Morgan fingerprint density at radius 2 is 2.00 bits per heavy atom. The van der Waals surface area contributed by atoms with Crippen LogP contribution in [0.25, 0.3) is 0 Å². The summed E-state index contributed by atoms with van der Waals surface area (Å²) in [7, 11) is -4.09. The number of nitro groups is 1. The Hall–Kier alpha value is -2.60. The predicted molar refractivity (Wildman–Crippen MR) is 92.0 cm³/mol. The first kappa shape index (κ1) is 18.7. The molecule has 10 nitrogen and oxygen atoms in total. The van der Waals surface area contributed by atoms with Crippen molar-refractivity contribution >= 4 is 43.8 Å². The van der Waals surface area contributed by atoms with Gasteiger partial charge < -0.3 is 5.32 Å². The summed E-state index contributed by atoms with van der Waals surface area (Å²) in [6.45, 7) is 4.97. The molecule has 0 saturated carbocycles. The number of carbonyl (C=O) groups excluding carboxylic acids is 1. The van der Waals surface area contributed by atoms with Gasteiger partial charge in [-0.25, -0.2) is 0 Å². The molecular weight excluding hydrogens is 370 g/mol. The third kappa shape index (κ3) is 4.48. The normalized spacial score (nSPS) is 11.4. The van der Waals surface area contributed by atoms with Gasteiger partial charge in [-0.2, -0.15) is 8.42 Å².